The summed E-state index contributed by atoms with van der Waals surface area (Å²) in [6.07, 6.45) is 6.83. The van der Waals surface area contributed by atoms with Gasteiger partial charge in [0.05, 0.1) is 12.2 Å². The number of rotatable bonds is 4. The van der Waals surface area contributed by atoms with Gasteiger partial charge in [-0.1, -0.05) is 0 Å². The molecule has 3 nitrogen and oxygen atoms in total. The summed E-state index contributed by atoms with van der Waals surface area (Å²) in [7, 11) is 1.75. The predicted molar refractivity (Wildman–Crippen MR) is 55.2 cm³/mol. The lowest BCUT2D eigenvalue weighted by atomic mass is 9.87. The van der Waals surface area contributed by atoms with Gasteiger partial charge in [-0.25, -0.2) is 0 Å². The third-order valence-corrected chi connectivity index (χ3v) is 3.41. The van der Waals surface area contributed by atoms with E-state index >= 15 is 0 Å². The van der Waals surface area contributed by atoms with Gasteiger partial charge >= 0.3 is 0 Å². The number of hydrogen-bond donors (Lipinski definition) is 1. The van der Waals surface area contributed by atoms with E-state index in [1.165, 1.54) is 12.8 Å². The van der Waals surface area contributed by atoms with Crippen molar-refractivity contribution in [3.8, 4) is 0 Å². The van der Waals surface area contributed by atoms with Crippen LogP contribution in [0.1, 0.15) is 38.5 Å². The van der Waals surface area contributed by atoms with Crippen molar-refractivity contribution in [3.05, 3.63) is 0 Å². The maximum atomic E-state index is 6.16. The van der Waals surface area contributed by atoms with Crippen LogP contribution in [0.25, 0.3) is 0 Å². The van der Waals surface area contributed by atoms with E-state index in [0.29, 0.717) is 6.61 Å². The fourth-order valence-electron chi connectivity index (χ4n) is 2.46. The molecule has 1 atom stereocenters. The molecule has 1 aliphatic heterocycles. The average molecular weight is 199 g/mol. The lowest BCUT2D eigenvalue weighted by molar-refractivity contribution is -0.124. The highest BCUT2D eigenvalue weighted by molar-refractivity contribution is 5.05. The summed E-state index contributed by atoms with van der Waals surface area (Å²) in [6.45, 7) is 1.57. The lowest BCUT2D eigenvalue weighted by Gasteiger charge is -2.38. The minimum Gasteiger partial charge on any atom is -0.382 e. The summed E-state index contributed by atoms with van der Waals surface area (Å²) in [5.74, 6) is 0. The molecule has 0 aromatic rings. The van der Waals surface area contributed by atoms with Gasteiger partial charge in [0.15, 0.2) is 0 Å². The van der Waals surface area contributed by atoms with E-state index in [-0.39, 0.29) is 11.1 Å². The molecule has 0 aromatic carbocycles. The van der Waals surface area contributed by atoms with E-state index in [1.807, 2.05) is 0 Å². The molecule has 2 fully saturated rings. The van der Waals surface area contributed by atoms with E-state index in [9.17, 15) is 0 Å². The highest BCUT2D eigenvalue weighted by atomic mass is 16.5. The van der Waals surface area contributed by atoms with Gasteiger partial charge in [-0.05, 0) is 38.5 Å². The quantitative estimate of drug-likeness (QED) is 0.745. The van der Waals surface area contributed by atoms with Gasteiger partial charge < -0.3 is 15.2 Å². The first-order valence-electron chi connectivity index (χ1n) is 5.60. The van der Waals surface area contributed by atoms with Crippen LogP contribution in [0.2, 0.25) is 0 Å². The molecule has 0 amide bonds. The van der Waals surface area contributed by atoms with Crippen molar-refractivity contribution in [1.82, 2.24) is 0 Å². The number of ether oxygens (including phenoxy) is 2. The summed E-state index contributed by atoms with van der Waals surface area (Å²) < 4.78 is 11.2. The van der Waals surface area contributed by atoms with Gasteiger partial charge in [-0.15, -0.1) is 0 Å². The first-order chi connectivity index (χ1) is 6.68. The summed E-state index contributed by atoms with van der Waals surface area (Å²) in [5, 5.41) is 0. The summed E-state index contributed by atoms with van der Waals surface area (Å²) >= 11 is 0. The molecule has 0 aromatic heterocycles. The van der Waals surface area contributed by atoms with Crippen LogP contribution in [0, 0.1) is 0 Å². The van der Waals surface area contributed by atoms with Crippen LogP contribution in [0.5, 0.6) is 0 Å². The van der Waals surface area contributed by atoms with Crippen molar-refractivity contribution in [1.29, 1.82) is 0 Å². The summed E-state index contributed by atoms with van der Waals surface area (Å²) in [6, 6.07) is 0. The van der Waals surface area contributed by atoms with E-state index in [0.717, 1.165) is 32.3 Å². The zero-order valence-corrected chi connectivity index (χ0v) is 9.05. The molecule has 2 aliphatic rings. The van der Waals surface area contributed by atoms with E-state index in [1.54, 1.807) is 7.11 Å². The molecular formula is C11H21NO2. The normalized spacial score (nSPS) is 35.6. The first-order valence-corrected chi connectivity index (χ1v) is 5.60. The molecule has 1 unspecified atom stereocenters. The number of nitrogens with two attached hydrogens (primary N) is 1. The minimum atomic E-state index is -0.0712. The van der Waals surface area contributed by atoms with Crippen molar-refractivity contribution in [3.63, 3.8) is 0 Å². The molecule has 0 radical (unpaired) electrons. The molecule has 0 spiro atoms. The molecule has 3 heteroatoms. The Balaban J connectivity index is 1.96. The molecule has 2 N–H and O–H groups in total. The number of methoxy groups -OCH3 is 1. The summed E-state index contributed by atoms with van der Waals surface area (Å²) in [5.41, 5.74) is 6.15. The maximum absolute atomic E-state index is 6.16. The highest BCUT2D eigenvalue weighted by Crippen LogP contribution is 2.43. The van der Waals surface area contributed by atoms with E-state index in [2.05, 4.69) is 0 Å². The number of hydrogen-bond acceptors (Lipinski definition) is 3. The Morgan fingerprint density at radius 1 is 1.29 bits per heavy atom. The van der Waals surface area contributed by atoms with Gasteiger partial charge in [-0.2, -0.15) is 0 Å². The van der Waals surface area contributed by atoms with Gasteiger partial charge in [-0.3, -0.25) is 0 Å². The third-order valence-electron chi connectivity index (χ3n) is 3.41. The fourth-order valence-corrected chi connectivity index (χ4v) is 2.46. The van der Waals surface area contributed by atoms with Crippen LogP contribution in [0.4, 0.5) is 0 Å². The zero-order chi connectivity index (χ0) is 10.1. The Morgan fingerprint density at radius 3 is 2.57 bits per heavy atom. The zero-order valence-electron chi connectivity index (χ0n) is 9.05. The molecule has 1 aliphatic carbocycles. The highest BCUT2D eigenvalue weighted by Gasteiger charge is 2.47. The molecule has 1 saturated carbocycles. The van der Waals surface area contributed by atoms with E-state index < -0.39 is 0 Å². The van der Waals surface area contributed by atoms with Crippen molar-refractivity contribution < 1.29 is 9.47 Å². The topological polar surface area (TPSA) is 44.5 Å². The van der Waals surface area contributed by atoms with Crippen LogP contribution < -0.4 is 5.73 Å². The van der Waals surface area contributed by atoms with Crippen LogP contribution in [0.15, 0.2) is 0 Å². The summed E-state index contributed by atoms with van der Waals surface area (Å²) in [4.78, 5) is 0. The van der Waals surface area contributed by atoms with Gasteiger partial charge in [0.2, 0.25) is 0 Å². The SMILES string of the molecule is COCC1(CC2(N)CC2)CCCCO1. The van der Waals surface area contributed by atoms with Crippen LogP contribution in [0.3, 0.4) is 0 Å². The molecule has 1 heterocycles. The molecule has 0 bridgehead atoms. The second-order valence-electron chi connectivity index (χ2n) is 4.96. The third kappa shape index (κ3) is 2.27. The van der Waals surface area contributed by atoms with Crippen LogP contribution in [-0.4, -0.2) is 31.5 Å². The van der Waals surface area contributed by atoms with Crippen molar-refractivity contribution in [2.75, 3.05) is 20.3 Å². The van der Waals surface area contributed by atoms with E-state index in [4.69, 9.17) is 15.2 Å². The Labute approximate surface area is 85.9 Å². The maximum Gasteiger partial charge on any atom is 0.0932 e. The fraction of sp³-hybridized carbons (Fsp3) is 1.00. The minimum absolute atomic E-state index is 0.0653. The Bertz CT molecular complexity index is 190. The average Bonchev–Trinajstić information content (AvgIpc) is 2.84. The van der Waals surface area contributed by atoms with Gasteiger partial charge in [0.1, 0.15) is 0 Å². The van der Waals surface area contributed by atoms with Crippen LogP contribution >= 0.6 is 0 Å². The monoisotopic (exact) mass is 199 g/mol. The molecule has 2 rings (SSSR count). The lowest BCUT2D eigenvalue weighted by Crippen LogP contribution is -2.46. The Morgan fingerprint density at radius 2 is 2.07 bits per heavy atom. The van der Waals surface area contributed by atoms with Gasteiger partial charge in [0, 0.05) is 19.3 Å². The second kappa shape index (κ2) is 3.80. The standard InChI is InChI=1S/C11H21NO2/c1-13-9-11(4-2-3-7-14-11)8-10(12)5-6-10/h2-9,12H2,1H3. The smallest absolute Gasteiger partial charge is 0.0932 e. The van der Waals surface area contributed by atoms with Crippen molar-refractivity contribution in [2.45, 2.75) is 49.7 Å². The van der Waals surface area contributed by atoms with Crippen molar-refractivity contribution in [2.24, 2.45) is 5.73 Å². The molecular weight excluding hydrogens is 178 g/mol. The largest absolute Gasteiger partial charge is 0.382 e. The molecule has 1 saturated heterocycles. The van der Waals surface area contributed by atoms with Crippen molar-refractivity contribution >= 4 is 0 Å². The Kier molecular flexibility index (Phi) is 2.82. The predicted octanol–water partition coefficient (Wildman–Crippen LogP) is 1.45. The molecule has 14 heavy (non-hydrogen) atoms. The van der Waals surface area contributed by atoms with Crippen LogP contribution in [-0.2, 0) is 9.47 Å². The van der Waals surface area contributed by atoms with Gasteiger partial charge in [0.25, 0.3) is 0 Å². The molecule has 82 valence electrons. The first kappa shape index (κ1) is 10.4. The Hall–Kier alpha value is -0.120. The second-order valence-corrected chi connectivity index (χ2v) is 4.96.